The molecule has 3 aromatic carbocycles. The Balaban J connectivity index is 2.31. The molecule has 25 heavy (non-hydrogen) atoms. The van der Waals surface area contributed by atoms with Gasteiger partial charge in [0.1, 0.15) is 4.90 Å². The molecule has 0 amide bonds. The molecule has 0 heterocycles. The Labute approximate surface area is 146 Å². The van der Waals surface area contributed by atoms with Gasteiger partial charge in [0.15, 0.2) is 0 Å². The second kappa shape index (κ2) is 6.34. The van der Waals surface area contributed by atoms with E-state index in [2.05, 4.69) is 0 Å². The summed E-state index contributed by atoms with van der Waals surface area (Å²) in [5.41, 5.74) is 5.77. The second-order valence-corrected chi connectivity index (χ2v) is 9.11. The zero-order valence-electron chi connectivity index (χ0n) is 13.0. The van der Waals surface area contributed by atoms with Gasteiger partial charge in [0.25, 0.3) is 0 Å². The molecule has 128 valence electrons. The van der Waals surface area contributed by atoms with Crippen LogP contribution in [0, 0.1) is 0 Å². The lowest BCUT2D eigenvalue weighted by Crippen LogP contribution is -2.13. The fraction of sp³-hybridized carbons (Fsp3) is 0. The molecule has 0 radical (unpaired) electrons. The minimum absolute atomic E-state index is 0.00473. The number of sulfone groups is 2. The number of hydrogen-bond donors (Lipinski definition) is 1. The highest BCUT2D eigenvalue weighted by Crippen LogP contribution is 2.34. The summed E-state index contributed by atoms with van der Waals surface area (Å²) in [7, 11) is -8.14. The molecule has 0 saturated carbocycles. The summed E-state index contributed by atoms with van der Waals surface area (Å²) in [5, 5.41) is 0. The van der Waals surface area contributed by atoms with Crippen LogP contribution in [0.4, 0.5) is 5.69 Å². The molecule has 0 bridgehead atoms. The van der Waals surface area contributed by atoms with Crippen LogP contribution in [0.2, 0.25) is 0 Å². The van der Waals surface area contributed by atoms with Crippen molar-refractivity contribution >= 4 is 25.4 Å². The highest BCUT2D eigenvalue weighted by molar-refractivity contribution is 7.94. The predicted octanol–water partition coefficient (Wildman–Crippen LogP) is 2.93. The Kier molecular flexibility index (Phi) is 4.36. The van der Waals surface area contributed by atoms with Gasteiger partial charge in [-0.2, -0.15) is 0 Å². The van der Waals surface area contributed by atoms with Crippen molar-refractivity contribution in [2.75, 3.05) is 5.73 Å². The molecule has 0 unspecified atom stereocenters. The maximum atomic E-state index is 13.0. The summed E-state index contributed by atoms with van der Waals surface area (Å²) >= 11 is 0. The van der Waals surface area contributed by atoms with Crippen LogP contribution in [0.5, 0.6) is 0 Å². The standard InChI is InChI=1S/C18H15NO4S2/c19-16-12-7-13-17(24(20,21)14-8-3-1-4-9-14)18(16)25(22,23)15-10-5-2-6-11-15/h1-13H,19H2. The van der Waals surface area contributed by atoms with Crippen molar-refractivity contribution in [3.8, 4) is 0 Å². The van der Waals surface area contributed by atoms with E-state index in [1.807, 2.05) is 0 Å². The first-order valence-corrected chi connectivity index (χ1v) is 10.3. The number of nitrogens with two attached hydrogens (primary N) is 1. The third-order valence-electron chi connectivity index (χ3n) is 3.67. The molecule has 7 heteroatoms. The minimum Gasteiger partial charge on any atom is -0.398 e. The van der Waals surface area contributed by atoms with Crippen molar-refractivity contribution < 1.29 is 16.8 Å². The third-order valence-corrected chi connectivity index (χ3v) is 7.50. The average Bonchev–Trinajstić information content (AvgIpc) is 2.63. The van der Waals surface area contributed by atoms with Crippen LogP contribution in [0.1, 0.15) is 0 Å². The highest BCUT2D eigenvalue weighted by atomic mass is 32.2. The Morgan fingerprint density at radius 1 is 0.560 bits per heavy atom. The first-order chi connectivity index (χ1) is 11.8. The number of nitrogen functional groups attached to an aromatic ring is 1. The predicted molar refractivity (Wildman–Crippen MR) is 94.6 cm³/mol. The highest BCUT2D eigenvalue weighted by Gasteiger charge is 2.31. The van der Waals surface area contributed by atoms with Crippen molar-refractivity contribution in [2.24, 2.45) is 0 Å². The van der Waals surface area contributed by atoms with Crippen molar-refractivity contribution in [1.29, 1.82) is 0 Å². The molecule has 5 nitrogen and oxygen atoms in total. The molecule has 0 saturated heterocycles. The van der Waals surface area contributed by atoms with Gasteiger partial charge in [-0.1, -0.05) is 42.5 Å². The number of anilines is 1. The second-order valence-electron chi connectivity index (χ2n) is 5.31. The smallest absolute Gasteiger partial charge is 0.209 e. The quantitative estimate of drug-likeness (QED) is 0.710. The molecule has 0 aliphatic carbocycles. The van der Waals surface area contributed by atoms with Crippen molar-refractivity contribution in [1.82, 2.24) is 0 Å². The summed E-state index contributed by atoms with van der Waals surface area (Å²) in [6.07, 6.45) is 0. The van der Waals surface area contributed by atoms with Gasteiger partial charge in [-0.25, -0.2) is 16.8 Å². The molecule has 0 atom stereocenters. The first kappa shape index (κ1) is 17.2. The van der Waals surface area contributed by atoms with Gasteiger partial charge in [-0.3, -0.25) is 0 Å². The van der Waals surface area contributed by atoms with Gasteiger partial charge in [0.2, 0.25) is 19.7 Å². The lowest BCUT2D eigenvalue weighted by atomic mass is 10.3. The Morgan fingerprint density at radius 3 is 1.56 bits per heavy atom. The molecule has 0 fully saturated rings. The van der Waals surface area contributed by atoms with Gasteiger partial charge in [-0.05, 0) is 36.4 Å². The fourth-order valence-corrected chi connectivity index (χ4v) is 5.99. The van der Waals surface area contributed by atoms with E-state index < -0.39 is 24.6 Å². The Hall–Kier alpha value is -2.64. The van der Waals surface area contributed by atoms with E-state index >= 15 is 0 Å². The van der Waals surface area contributed by atoms with E-state index in [1.165, 1.54) is 42.5 Å². The minimum atomic E-state index is -4.10. The SMILES string of the molecule is Nc1cccc(S(=O)(=O)c2ccccc2)c1S(=O)(=O)c1ccccc1. The number of hydrogen-bond acceptors (Lipinski definition) is 5. The van der Waals surface area contributed by atoms with Gasteiger partial charge in [-0.15, -0.1) is 0 Å². The lowest BCUT2D eigenvalue weighted by Gasteiger charge is -2.13. The molecular weight excluding hydrogens is 358 g/mol. The van der Waals surface area contributed by atoms with E-state index in [4.69, 9.17) is 5.73 Å². The molecule has 3 rings (SSSR count). The van der Waals surface area contributed by atoms with Crippen LogP contribution < -0.4 is 5.73 Å². The lowest BCUT2D eigenvalue weighted by molar-refractivity contribution is 0.583. The molecule has 0 aromatic heterocycles. The fourth-order valence-electron chi connectivity index (χ4n) is 2.48. The first-order valence-electron chi connectivity index (χ1n) is 7.34. The number of benzene rings is 3. The van der Waals surface area contributed by atoms with E-state index in [0.29, 0.717) is 0 Å². The summed E-state index contributed by atoms with van der Waals surface area (Å²) in [6, 6.07) is 19.3. The maximum Gasteiger partial charge on any atom is 0.209 e. The Morgan fingerprint density at radius 2 is 1.04 bits per heavy atom. The third kappa shape index (κ3) is 3.04. The zero-order valence-corrected chi connectivity index (χ0v) is 14.7. The summed E-state index contributed by atoms with van der Waals surface area (Å²) in [6.45, 7) is 0. The summed E-state index contributed by atoms with van der Waals surface area (Å²) in [5.74, 6) is 0. The topological polar surface area (TPSA) is 94.3 Å². The van der Waals surface area contributed by atoms with Crippen molar-refractivity contribution in [3.63, 3.8) is 0 Å². The van der Waals surface area contributed by atoms with Crippen LogP contribution >= 0.6 is 0 Å². The monoisotopic (exact) mass is 373 g/mol. The van der Waals surface area contributed by atoms with Crippen molar-refractivity contribution in [2.45, 2.75) is 19.6 Å². The molecular formula is C18H15NO4S2. The van der Waals surface area contributed by atoms with E-state index in [9.17, 15) is 16.8 Å². The van der Waals surface area contributed by atoms with E-state index in [1.54, 1.807) is 36.4 Å². The molecule has 2 N–H and O–H groups in total. The van der Waals surface area contributed by atoms with Crippen LogP contribution in [0.25, 0.3) is 0 Å². The van der Waals surface area contributed by atoms with Crippen LogP contribution in [0.15, 0.2) is 98.4 Å². The Bertz CT molecular complexity index is 1110. The summed E-state index contributed by atoms with van der Waals surface area (Å²) in [4.78, 5) is -0.741. The van der Waals surface area contributed by atoms with Crippen LogP contribution in [-0.4, -0.2) is 16.8 Å². The molecule has 0 spiro atoms. The van der Waals surface area contributed by atoms with E-state index in [-0.39, 0.29) is 20.4 Å². The van der Waals surface area contributed by atoms with Gasteiger partial charge in [0.05, 0.1) is 20.4 Å². The van der Waals surface area contributed by atoms with Gasteiger partial charge in [0, 0.05) is 0 Å². The van der Waals surface area contributed by atoms with Crippen LogP contribution in [-0.2, 0) is 19.7 Å². The summed E-state index contributed by atoms with van der Waals surface area (Å²) < 4.78 is 51.9. The number of rotatable bonds is 4. The molecule has 0 aliphatic heterocycles. The van der Waals surface area contributed by atoms with Crippen LogP contribution in [0.3, 0.4) is 0 Å². The van der Waals surface area contributed by atoms with Gasteiger partial charge >= 0.3 is 0 Å². The average molecular weight is 373 g/mol. The molecule has 0 aliphatic rings. The van der Waals surface area contributed by atoms with E-state index in [0.717, 1.165) is 0 Å². The molecule has 3 aromatic rings. The van der Waals surface area contributed by atoms with Crippen molar-refractivity contribution in [3.05, 3.63) is 78.9 Å². The van der Waals surface area contributed by atoms with Gasteiger partial charge < -0.3 is 5.73 Å². The maximum absolute atomic E-state index is 13.0. The normalized spacial score (nSPS) is 12.0. The zero-order chi connectivity index (χ0) is 18.1. The largest absolute Gasteiger partial charge is 0.398 e.